The molecule has 0 unspecified atom stereocenters. The van der Waals surface area contributed by atoms with E-state index in [1.54, 1.807) is 6.20 Å². The van der Waals surface area contributed by atoms with Gasteiger partial charge in [-0.05, 0) is 37.3 Å². The number of nitrogens with zero attached hydrogens (tertiary/aromatic N) is 1. The molecule has 0 amide bonds. The molecule has 102 valence electrons. The molecule has 0 atom stereocenters. The molecule has 2 rings (SSSR count). The summed E-state index contributed by atoms with van der Waals surface area (Å²) in [6.45, 7) is 1.93. The Morgan fingerprint density at radius 2 is 1.89 bits per heavy atom. The molecule has 1 aromatic heterocycles. The minimum absolute atomic E-state index is 0.370. The van der Waals surface area contributed by atoms with Crippen molar-refractivity contribution >= 4 is 11.9 Å². The Kier molecular flexibility index (Phi) is 3.55. The first-order valence-corrected chi connectivity index (χ1v) is 6.19. The standard InChI is InChI=1S/C14H17NO4/c1-9-7-10-5-4-6-14(12(16)18-2,13(17)19-3)11(10)15-8-9/h7-8H,4-6H2,1-3H3. The molecule has 1 aliphatic rings. The van der Waals surface area contributed by atoms with E-state index >= 15 is 0 Å². The molecule has 0 radical (unpaired) electrons. The molecule has 5 nitrogen and oxygen atoms in total. The monoisotopic (exact) mass is 263 g/mol. The average Bonchev–Trinajstić information content (AvgIpc) is 2.44. The van der Waals surface area contributed by atoms with Crippen molar-refractivity contribution in [2.75, 3.05) is 14.2 Å². The van der Waals surface area contributed by atoms with Crippen LogP contribution in [0, 0.1) is 6.92 Å². The highest BCUT2D eigenvalue weighted by Crippen LogP contribution is 2.38. The van der Waals surface area contributed by atoms with Crippen molar-refractivity contribution in [3.05, 3.63) is 29.1 Å². The number of methoxy groups -OCH3 is 2. The van der Waals surface area contributed by atoms with Crippen molar-refractivity contribution in [2.24, 2.45) is 0 Å². The second-order valence-electron chi connectivity index (χ2n) is 4.76. The van der Waals surface area contributed by atoms with Crippen LogP contribution in [0.15, 0.2) is 12.3 Å². The predicted octanol–water partition coefficient (Wildman–Crippen LogP) is 1.31. The Morgan fingerprint density at radius 3 is 2.47 bits per heavy atom. The lowest BCUT2D eigenvalue weighted by Gasteiger charge is -2.32. The van der Waals surface area contributed by atoms with Gasteiger partial charge in [-0.1, -0.05) is 6.07 Å². The Balaban J connectivity index is 2.64. The maximum Gasteiger partial charge on any atom is 0.329 e. The third-order valence-corrected chi connectivity index (χ3v) is 3.57. The molecular weight excluding hydrogens is 246 g/mol. The molecule has 0 bridgehead atoms. The van der Waals surface area contributed by atoms with Crippen molar-refractivity contribution in [3.63, 3.8) is 0 Å². The number of aromatic nitrogens is 1. The molecule has 0 N–H and O–H groups in total. The van der Waals surface area contributed by atoms with Crippen LogP contribution in [0.2, 0.25) is 0 Å². The summed E-state index contributed by atoms with van der Waals surface area (Å²) in [7, 11) is 2.55. The van der Waals surface area contributed by atoms with E-state index in [0.717, 1.165) is 24.0 Å². The zero-order chi connectivity index (χ0) is 14.0. The zero-order valence-electron chi connectivity index (χ0n) is 11.4. The summed E-state index contributed by atoms with van der Waals surface area (Å²) < 4.78 is 9.65. The van der Waals surface area contributed by atoms with Gasteiger partial charge in [0.15, 0.2) is 0 Å². The number of fused-ring (bicyclic) bond motifs is 1. The van der Waals surface area contributed by atoms with Gasteiger partial charge in [0.05, 0.1) is 19.9 Å². The highest BCUT2D eigenvalue weighted by Gasteiger charge is 2.53. The number of esters is 2. The molecule has 0 saturated carbocycles. The number of ether oxygens (including phenoxy) is 2. The van der Waals surface area contributed by atoms with Crippen LogP contribution >= 0.6 is 0 Å². The SMILES string of the molecule is COC(=O)C1(C(=O)OC)CCCc2cc(C)cnc21. The van der Waals surface area contributed by atoms with Crippen molar-refractivity contribution in [2.45, 2.75) is 31.6 Å². The van der Waals surface area contributed by atoms with Crippen molar-refractivity contribution in [1.82, 2.24) is 4.98 Å². The van der Waals surface area contributed by atoms with Crippen LogP contribution in [-0.2, 0) is 30.9 Å². The maximum absolute atomic E-state index is 12.2. The lowest BCUT2D eigenvalue weighted by Crippen LogP contribution is -2.48. The Morgan fingerprint density at radius 1 is 1.26 bits per heavy atom. The van der Waals surface area contributed by atoms with Crippen molar-refractivity contribution in [1.29, 1.82) is 0 Å². The van der Waals surface area contributed by atoms with E-state index in [2.05, 4.69) is 4.98 Å². The van der Waals surface area contributed by atoms with E-state index in [4.69, 9.17) is 9.47 Å². The van der Waals surface area contributed by atoms with Gasteiger partial charge >= 0.3 is 11.9 Å². The minimum atomic E-state index is -1.41. The first-order valence-electron chi connectivity index (χ1n) is 6.19. The highest BCUT2D eigenvalue weighted by molar-refractivity contribution is 6.06. The van der Waals surface area contributed by atoms with E-state index in [0.29, 0.717) is 12.1 Å². The Hall–Kier alpha value is -1.91. The lowest BCUT2D eigenvalue weighted by atomic mass is 9.72. The van der Waals surface area contributed by atoms with Crippen LogP contribution < -0.4 is 0 Å². The largest absolute Gasteiger partial charge is 0.468 e. The van der Waals surface area contributed by atoms with E-state index in [1.807, 2.05) is 13.0 Å². The molecule has 0 aliphatic heterocycles. The van der Waals surface area contributed by atoms with Gasteiger partial charge in [-0.3, -0.25) is 14.6 Å². The number of aryl methyl sites for hydroxylation is 2. The molecule has 1 aliphatic carbocycles. The summed E-state index contributed by atoms with van der Waals surface area (Å²) in [6.07, 6.45) is 3.56. The molecule has 0 aromatic carbocycles. The molecule has 1 heterocycles. The number of carbonyl (C=O) groups excluding carboxylic acids is 2. The van der Waals surface area contributed by atoms with Crippen molar-refractivity contribution < 1.29 is 19.1 Å². The smallest absolute Gasteiger partial charge is 0.329 e. The first kappa shape index (κ1) is 13.5. The molecule has 0 saturated heterocycles. The van der Waals surface area contributed by atoms with Crippen LogP contribution in [0.4, 0.5) is 0 Å². The average molecular weight is 263 g/mol. The summed E-state index contributed by atoms with van der Waals surface area (Å²) >= 11 is 0. The zero-order valence-corrected chi connectivity index (χ0v) is 11.4. The van der Waals surface area contributed by atoms with Gasteiger partial charge in [-0.2, -0.15) is 0 Å². The van der Waals surface area contributed by atoms with Gasteiger partial charge in [0.25, 0.3) is 0 Å². The number of hydrogen-bond acceptors (Lipinski definition) is 5. The summed E-state index contributed by atoms with van der Waals surface area (Å²) in [4.78, 5) is 28.7. The van der Waals surface area contributed by atoms with Gasteiger partial charge in [0.1, 0.15) is 0 Å². The lowest BCUT2D eigenvalue weighted by molar-refractivity contribution is -0.163. The Labute approximate surface area is 111 Å². The van der Waals surface area contributed by atoms with E-state index in [1.165, 1.54) is 14.2 Å². The molecule has 5 heteroatoms. The Bertz CT molecular complexity index is 508. The predicted molar refractivity (Wildman–Crippen MR) is 67.6 cm³/mol. The third kappa shape index (κ3) is 1.99. The second-order valence-corrected chi connectivity index (χ2v) is 4.76. The van der Waals surface area contributed by atoms with Gasteiger partial charge in [0.2, 0.25) is 5.41 Å². The molecular formula is C14H17NO4. The minimum Gasteiger partial charge on any atom is -0.468 e. The number of pyridine rings is 1. The normalized spacial score (nSPS) is 16.4. The van der Waals surface area contributed by atoms with E-state index in [-0.39, 0.29) is 0 Å². The molecule has 0 fully saturated rings. The second kappa shape index (κ2) is 4.99. The van der Waals surface area contributed by atoms with Gasteiger partial charge < -0.3 is 9.47 Å². The number of carbonyl (C=O) groups is 2. The van der Waals surface area contributed by atoms with Gasteiger partial charge in [0, 0.05) is 6.20 Å². The van der Waals surface area contributed by atoms with Crippen LogP contribution in [-0.4, -0.2) is 31.1 Å². The third-order valence-electron chi connectivity index (χ3n) is 3.57. The number of hydrogen-bond donors (Lipinski definition) is 0. The fraction of sp³-hybridized carbons (Fsp3) is 0.500. The first-order chi connectivity index (χ1) is 9.06. The fourth-order valence-corrected chi connectivity index (χ4v) is 2.70. The van der Waals surface area contributed by atoms with E-state index < -0.39 is 17.4 Å². The number of rotatable bonds is 2. The highest BCUT2D eigenvalue weighted by atomic mass is 16.5. The summed E-state index contributed by atoms with van der Waals surface area (Å²) in [5.74, 6) is -1.20. The summed E-state index contributed by atoms with van der Waals surface area (Å²) in [5, 5.41) is 0. The molecule has 0 spiro atoms. The van der Waals surface area contributed by atoms with Crippen LogP contribution in [0.5, 0.6) is 0 Å². The van der Waals surface area contributed by atoms with Crippen LogP contribution in [0.1, 0.15) is 29.7 Å². The summed E-state index contributed by atoms with van der Waals surface area (Å²) in [5.41, 5.74) is 0.986. The van der Waals surface area contributed by atoms with Gasteiger partial charge in [-0.15, -0.1) is 0 Å². The maximum atomic E-state index is 12.2. The topological polar surface area (TPSA) is 65.5 Å². The fourth-order valence-electron chi connectivity index (χ4n) is 2.70. The van der Waals surface area contributed by atoms with Crippen LogP contribution in [0.25, 0.3) is 0 Å². The van der Waals surface area contributed by atoms with E-state index in [9.17, 15) is 9.59 Å². The van der Waals surface area contributed by atoms with Gasteiger partial charge in [-0.25, -0.2) is 0 Å². The van der Waals surface area contributed by atoms with Crippen molar-refractivity contribution in [3.8, 4) is 0 Å². The quantitative estimate of drug-likeness (QED) is 0.594. The molecule has 1 aromatic rings. The molecule has 19 heavy (non-hydrogen) atoms. The summed E-state index contributed by atoms with van der Waals surface area (Å²) in [6, 6.07) is 1.96. The van der Waals surface area contributed by atoms with Crippen LogP contribution in [0.3, 0.4) is 0 Å².